The van der Waals surface area contributed by atoms with Gasteiger partial charge in [-0.15, -0.1) is 0 Å². The van der Waals surface area contributed by atoms with E-state index in [4.69, 9.17) is 0 Å². The van der Waals surface area contributed by atoms with Gasteiger partial charge in [-0.1, -0.05) is 129 Å². The van der Waals surface area contributed by atoms with E-state index in [0.29, 0.717) is 12.5 Å². The highest BCUT2D eigenvalue weighted by Crippen LogP contribution is 2.18. The highest BCUT2D eigenvalue weighted by atomic mass is 16.3. The fourth-order valence-electron chi connectivity index (χ4n) is 3.80. The molecular formula is C24H50O. The van der Waals surface area contributed by atoms with Crippen LogP contribution in [-0.2, 0) is 0 Å². The average molecular weight is 355 g/mol. The largest absolute Gasteiger partial charge is 0.396 e. The van der Waals surface area contributed by atoms with Gasteiger partial charge in [0.25, 0.3) is 0 Å². The number of rotatable bonds is 21. The molecule has 1 atom stereocenters. The van der Waals surface area contributed by atoms with Gasteiger partial charge in [-0.3, -0.25) is 0 Å². The van der Waals surface area contributed by atoms with Crippen LogP contribution in [0.3, 0.4) is 0 Å². The van der Waals surface area contributed by atoms with Gasteiger partial charge in [0.1, 0.15) is 0 Å². The molecule has 25 heavy (non-hydrogen) atoms. The van der Waals surface area contributed by atoms with Crippen molar-refractivity contribution in [2.45, 2.75) is 142 Å². The SMILES string of the molecule is CCCCCCCCCCCCCCCCCCC(CO)CCCC. The average Bonchev–Trinajstić information content (AvgIpc) is 2.63. The Hall–Kier alpha value is -0.0400. The normalized spacial score (nSPS) is 12.6. The lowest BCUT2D eigenvalue weighted by Gasteiger charge is -2.13. The molecule has 0 saturated heterocycles. The van der Waals surface area contributed by atoms with E-state index in [9.17, 15) is 5.11 Å². The zero-order chi connectivity index (χ0) is 18.4. The van der Waals surface area contributed by atoms with Crippen LogP contribution < -0.4 is 0 Å². The maximum atomic E-state index is 9.38. The number of aliphatic hydroxyl groups is 1. The molecule has 0 bridgehead atoms. The Bertz CT molecular complexity index is 226. The van der Waals surface area contributed by atoms with Crippen LogP contribution in [0.15, 0.2) is 0 Å². The van der Waals surface area contributed by atoms with Crippen molar-refractivity contribution in [3.8, 4) is 0 Å². The van der Waals surface area contributed by atoms with E-state index in [1.165, 1.54) is 128 Å². The third kappa shape index (κ3) is 20.1. The van der Waals surface area contributed by atoms with E-state index >= 15 is 0 Å². The first kappa shape index (κ1) is 25.0. The highest BCUT2D eigenvalue weighted by Gasteiger charge is 2.06. The van der Waals surface area contributed by atoms with Crippen molar-refractivity contribution in [1.82, 2.24) is 0 Å². The van der Waals surface area contributed by atoms with Crippen LogP contribution >= 0.6 is 0 Å². The predicted molar refractivity (Wildman–Crippen MR) is 114 cm³/mol. The van der Waals surface area contributed by atoms with Gasteiger partial charge in [-0.25, -0.2) is 0 Å². The summed E-state index contributed by atoms with van der Waals surface area (Å²) in [6.07, 6.45) is 27.9. The fourth-order valence-corrected chi connectivity index (χ4v) is 3.80. The monoisotopic (exact) mass is 354 g/mol. The lowest BCUT2D eigenvalue weighted by Crippen LogP contribution is -2.05. The van der Waals surface area contributed by atoms with Crippen LogP contribution in [0.25, 0.3) is 0 Å². The first-order valence-electron chi connectivity index (χ1n) is 12.0. The van der Waals surface area contributed by atoms with Gasteiger partial charge in [0.2, 0.25) is 0 Å². The molecule has 0 heterocycles. The summed E-state index contributed by atoms with van der Waals surface area (Å²) in [7, 11) is 0. The highest BCUT2D eigenvalue weighted by molar-refractivity contribution is 4.58. The fraction of sp³-hybridized carbons (Fsp3) is 1.00. The summed E-state index contributed by atoms with van der Waals surface area (Å²) >= 11 is 0. The Kier molecular flexibility index (Phi) is 22.0. The van der Waals surface area contributed by atoms with Crippen LogP contribution in [-0.4, -0.2) is 11.7 Å². The maximum absolute atomic E-state index is 9.38. The lowest BCUT2D eigenvalue weighted by molar-refractivity contribution is 0.205. The molecule has 0 aromatic rings. The second-order valence-electron chi connectivity index (χ2n) is 8.28. The van der Waals surface area contributed by atoms with Gasteiger partial charge >= 0.3 is 0 Å². The van der Waals surface area contributed by atoms with Crippen molar-refractivity contribution < 1.29 is 5.11 Å². The number of aliphatic hydroxyl groups excluding tert-OH is 1. The maximum Gasteiger partial charge on any atom is 0.0459 e. The van der Waals surface area contributed by atoms with Crippen LogP contribution in [0.4, 0.5) is 0 Å². The molecule has 152 valence electrons. The van der Waals surface area contributed by atoms with Gasteiger partial charge in [-0.2, -0.15) is 0 Å². The molecule has 0 saturated carbocycles. The Morgan fingerprint density at radius 2 is 0.760 bits per heavy atom. The van der Waals surface area contributed by atoms with Gasteiger partial charge in [0, 0.05) is 6.61 Å². The Labute approximate surface area is 160 Å². The Morgan fingerprint density at radius 1 is 0.440 bits per heavy atom. The first-order valence-corrected chi connectivity index (χ1v) is 12.0. The van der Waals surface area contributed by atoms with Gasteiger partial charge in [-0.05, 0) is 18.8 Å². The Morgan fingerprint density at radius 3 is 1.12 bits per heavy atom. The smallest absolute Gasteiger partial charge is 0.0459 e. The van der Waals surface area contributed by atoms with Crippen LogP contribution in [0.5, 0.6) is 0 Å². The zero-order valence-corrected chi connectivity index (χ0v) is 17.9. The zero-order valence-electron chi connectivity index (χ0n) is 17.9. The van der Waals surface area contributed by atoms with Crippen molar-refractivity contribution >= 4 is 0 Å². The summed E-state index contributed by atoms with van der Waals surface area (Å²) in [4.78, 5) is 0. The third-order valence-corrected chi connectivity index (χ3v) is 5.69. The second kappa shape index (κ2) is 22.0. The molecule has 1 unspecified atom stereocenters. The van der Waals surface area contributed by atoms with Gasteiger partial charge in [0.15, 0.2) is 0 Å². The first-order chi connectivity index (χ1) is 12.3. The van der Waals surface area contributed by atoms with Crippen LogP contribution in [0.1, 0.15) is 142 Å². The van der Waals surface area contributed by atoms with Gasteiger partial charge < -0.3 is 5.11 Å². The minimum absolute atomic E-state index is 0.402. The summed E-state index contributed by atoms with van der Waals surface area (Å²) in [6, 6.07) is 0. The molecule has 0 aromatic carbocycles. The van der Waals surface area contributed by atoms with Gasteiger partial charge in [0.05, 0.1) is 0 Å². The molecule has 0 radical (unpaired) electrons. The quantitative estimate of drug-likeness (QED) is 0.205. The summed E-state index contributed by atoms with van der Waals surface area (Å²) in [5.41, 5.74) is 0. The van der Waals surface area contributed by atoms with E-state index in [2.05, 4.69) is 13.8 Å². The molecule has 0 aliphatic carbocycles. The van der Waals surface area contributed by atoms with Crippen molar-refractivity contribution in [2.75, 3.05) is 6.61 Å². The van der Waals surface area contributed by atoms with Crippen molar-refractivity contribution in [1.29, 1.82) is 0 Å². The summed E-state index contributed by atoms with van der Waals surface area (Å²) < 4.78 is 0. The molecule has 1 heteroatoms. The van der Waals surface area contributed by atoms with E-state index in [1.54, 1.807) is 0 Å². The topological polar surface area (TPSA) is 20.2 Å². The predicted octanol–water partition coefficient (Wildman–Crippen LogP) is 8.44. The standard InChI is InChI=1S/C24H50O/c1-3-5-7-8-9-10-11-12-13-14-15-16-17-18-19-20-22-24(23-25)21-6-4-2/h24-25H,3-23H2,1-2H3. The van der Waals surface area contributed by atoms with Crippen molar-refractivity contribution in [2.24, 2.45) is 5.92 Å². The van der Waals surface area contributed by atoms with Crippen molar-refractivity contribution in [3.05, 3.63) is 0 Å². The molecule has 0 fully saturated rings. The molecule has 0 amide bonds. The molecule has 0 aliphatic rings. The lowest BCUT2D eigenvalue weighted by atomic mass is 9.96. The van der Waals surface area contributed by atoms with Crippen LogP contribution in [0, 0.1) is 5.92 Å². The molecular weight excluding hydrogens is 304 g/mol. The van der Waals surface area contributed by atoms with E-state index in [1.807, 2.05) is 0 Å². The number of hydrogen-bond acceptors (Lipinski definition) is 1. The van der Waals surface area contributed by atoms with Crippen molar-refractivity contribution in [3.63, 3.8) is 0 Å². The molecule has 0 aliphatic heterocycles. The minimum atomic E-state index is 0.402. The molecule has 0 spiro atoms. The molecule has 0 rings (SSSR count). The second-order valence-corrected chi connectivity index (χ2v) is 8.28. The number of hydrogen-bond donors (Lipinski definition) is 1. The number of unbranched alkanes of at least 4 members (excludes halogenated alkanes) is 16. The third-order valence-electron chi connectivity index (χ3n) is 5.69. The summed E-state index contributed by atoms with van der Waals surface area (Å²) in [5, 5.41) is 9.38. The molecule has 0 aromatic heterocycles. The molecule has 1 nitrogen and oxygen atoms in total. The van der Waals surface area contributed by atoms with Crippen LogP contribution in [0.2, 0.25) is 0 Å². The van der Waals surface area contributed by atoms with E-state index in [-0.39, 0.29) is 0 Å². The minimum Gasteiger partial charge on any atom is -0.396 e. The summed E-state index contributed by atoms with van der Waals surface area (Å²) in [6.45, 7) is 4.93. The van der Waals surface area contributed by atoms with E-state index < -0.39 is 0 Å². The Balaban J connectivity index is 3.11. The van der Waals surface area contributed by atoms with E-state index in [0.717, 1.165) is 0 Å². The molecule has 1 N–H and O–H groups in total. The summed E-state index contributed by atoms with van der Waals surface area (Å²) in [5.74, 6) is 0.576.